The Bertz CT molecular complexity index is 654. The van der Waals surface area contributed by atoms with E-state index in [9.17, 15) is 0 Å². The van der Waals surface area contributed by atoms with E-state index in [0.717, 1.165) is 34.8 Å². The van der Waals surface area contributed by atoms with E-state index in [-0.39, 0.29) is 19.3 Å². The van der Waals surface area contributed by atoms with Crippen molar-refractivity contribution in [3.63, 3.8) is 0 Å². The number of hydrogen-bond donors (Lipinski definition) is 0. The van der Waals surface area contributed by atoms with Crippen molar-refractivity contribution >= 4 is 0 Å². The van der Waals surface area contributed by atoms with E-state index in [2.05, 4.69) is 51.7 Å². The molecule has 0 spiro atoms. The van der Waals surface area contributed by atoms with Crippen LogP contribution in [0.3, 0.4) is 0 Å². The summed E-state index contributed by atoms with van der Waals surface area (Å²) in [6, 6.07) is 4.21. The summed E-state index contributed by atoms with van der Waals surface area (Å²) in [4.78, 5) is 0. The molecule has 4 atom stereocenters. The fraction of sp³-hybridized carbons (Fsp3) is 0.583. The number of hydrogen-bond acceptors (Lipinski definition) is 3. The van der Waals surface area contributed by atoms with Crippen LogP contribution in [0.5, 0.6) is 5.75 Å². The number of benzene rings is 1. The predicted molar refractivity (Wildman–Crippen MR) is 109 cm³/mol. The number of terminal acetylenes is 2. The molecule has 2 unspecified atom stereocenters. The van der Waals surface area contributed by atoms with Gasteiger partial charge in [-0.1, -0.05) is 50.3 Å². The lowest BCUT2D eigenvalue weighted by molar-refractivity contribution is 0.0462. The standard InChI is InChI=1S/C24H32O3/c1-7-9-25-15-21-11-17(3)12-22(16-26-10-8-2)24(21)27-23-14-19(5)18(4)13-20(23)6/h1-2,11-12,18-20,23H,9-10,13-16H2,3-6H3/t18?,19?,20-,23+/m1/s1. The molecular weight excluding hydrogens is 336 g/mol. The Kier molecular flexibility index (Phi) is 8.23. The zero-order chi connectivity index (χ0) is 19.8. The van der Waals surface area contributed by atoms with Gasteiger partial charge in [0, 0.05) is 11.1 Å². The van der Waals surface area contributed by atoms with E-state index in [1.165, 1.54) is 6.42 Å². The van der Waals surface area contributed by atoms with E-state index >= 15 is 0 Å². The molecular formula is C24H32O3. The van der Waals surface area contributed by atoms with Gasteiger partial charge < -0.3 is 14.2 Å². The van der Waals surface area contributed by atoms with E-state index in [4.69, 9.17) is 27.1 Å². The zero-order valence-corrected chi connectivity index (χ0v) is 17.1. The van der Waals surface area contributed by atoms with Gasteiger partial charge in [0.1, 0.15) is 25.1 Å². The van der Waals surface area contributed by atoms with Gasteiger partial charge in [0.2, 0.25) is 0 Å². The molecule has 1 aromatic carbocycles. The van der Waals surface area contributed by atoms with Gasteiger partial charge in [-0.25, -0.2) is 0 Å². The van der Waals surface area contributed by atoms with Crippen LogP contribution < -0.4 is 4.74 Å². The van der Waals surface area contributed by atoms with Gasteiger partial charge in [-0.05, 0) is 37.5 Å². The highest BCUT2D eigenvalue weighted by atomic mass is 16.5. The molecule has 3 nitrogen and oxygen atoms in total. The van der Waals surface area contributed by atoms with Crippen molar-refractivity contribution < 1.29 is 14.2 Å². The maximum atomic E-state index is 6.60. The Balaban J connectivity index is 2.28. The minimum atomic E-state index is 0.191. The summed E-state index contributed by atoms with van der Waals surface area (Å²) in [6.45, 7) is 10.4. The van der Waals surface area contributed by atoms with Crippen molar-refractivity contribution in [2.75, 3.05) is 13.2 Å². The highest BCUT2D eigenvalue weighted by molar-refractivity contribution is 5.44. The quantitative estimate of drug-likeness (QED) is 0.490. The normalized spacial score (nSPS) is 24.8. The monoisotopic (exact) mass is 368 g/mol. The van der Waals surface area contributed by atoms with Gasteiger partial charge >= 0.3 is 0 Å². The zero-order valence-electron chi connectivity index (χ0n) is 17.1. The fourth-order valence-corrected chi connectivity index (χ4v) is 3.85. The first-order valence-electron chi connectivity index (χ1n) is 9.77. The summed E-state index contributed by atoms with van der Waals surface area (Å²) in [6.07, 6.45) is 13.1. The van der Waals surface area contributed by atoms with Gasteiger partial charge in [0.05, 0.1) is 13.2 Å². The summed E-state index contributed by atoms with van der Waals surface area (Å²) < 4.78 is 17.8. The highest BCUT2D eigenvalue weighted by Crippen LogP contribution is 2.38. The fourth-order valence-electron chi connectivity index (χ4n) is 3.85. The molecule has 1 aliphatic rings. The Labute approximate surface area is 164 Å². The molecule has 2 rings (SSSR count). The van der Waals surface area contributed by atoms with Crippen LogP contribution >= 0.6 is 0 Å². The van der Waals surface area contributed by atoms with Gasteiger partial charge in [0.25, 0.3) is 0 Å². The second kappa shape index (κ2) is 10.4. The van der Waals surface area contributed by atoms with Crippen molar-refractivity contribution in [3.05, 3.63) is 28.8 Å². The molecule has 0 aliphatic heterocycles. The molecule has 0 heterocycles. The third kappa shape index (κ3) is 6.03. The smallest absolute Gasteiger partial charge is 0.130 e. The molecule has 1 aromatic rings. The average Bonchev–Trinajstić information content (AvgIpc) is 2.62. The minimum Gasteiger partial charge on any atom is -0.489 e. The van der Waals surface area contributed by atoms with Crippen LogP contribution in [0.2, 0.25) is 0 Å². The van der Waals surface area contributed by atoms with E-state index in [0.29, 0.717) is 25.0 Å². The van der Waals surface area contributed by atoms with Crippen molar-refractivity contribution in [3.8, 4) is 30.4 Å². The first kappa shape index (κ1) is 21.4. The van der Waals surface area contributed by atoms with Crippen LogP contribution in [0.25, 0.3) is 0 Å². The first-order valence-corrected chi connectivity index (χ1v) is 9.77. The van der Waals surface area contributed by atoms with Crippen molar-refractivity contribution in [1.82, 2.24) is 0 Å². The summed E-state index contributed by atoms with van der Waals surface area (Å²) >= 11 is 0. The summed E-state index contributed by atoms with van der Waals surface area (Å²) in [5.41, 5.74) is 3.17. The number of aryl methyl sites for hydroxylation is 1. The van der Waals surface area contributed by atoms with E-state index in [1.54, 1.807) is 0 Å². The SMILES string of the molecule is C#CCOCc1cc(C)cc(COCC#C)c1O[C@H]1CC(C)C(C)C[C@H]1C. The topological polar surface area (TPSA) is 27.7 Å². The van der Waals surface area contributed by atoms with Crippen LogP contribution in [-0.4, -0.2) is 19.3 Å². The van der Waals surface area contributed by atoms with E-state index < -0.39 is 0 Å². The van der Waals surface area contributed by atoms with Crippen molar-refractivity contribution in [1.29, 1.82) is 0 Å². The summed E-state index contributed by atoms with van der Waals surface area (Å²) in [5, 5.41) is 0. The van der Waals surface area contributed by atoms with Gasteiger partial charge in [-0.2, -0.15) is 0 Å². The molecule has 27 heavy (non-hydrogen) atoms. The Hall–Kier alpha value is -1.94. The lowest BCUT2D eigenvalue weighted by atomic mass is 9.75. The Morgan fingerprint density at radius 2 is 1.41 bits per heavy atom. The third-order valence-electron chi connectivity index (χ3n) is 5.50. The molecule has 1 aliphatic carbocycles. The minimum absolute atomic E-state index is 0.191. The average molecular weight is 369 g/mol. The first-order chi connectivity index (χ1) is 13.0. The number of ether oxygens (including phenoxy) is 3. The molecule has 3 heteroatoms. The molecule has 1 fully saturated rings. The summed E-state index contributed by atoms with van der Waals surface area (Å²) in [7, 11) is 0. The molecule has 0 bridgehead atoms. The number of rotatable bonds is 8. The van der Waals surface area contributed by atoms with Crippen molar-refractivity contribution in [2.24, 2.45) is 17.8 Å². The maximum absolute atomic E-state index is 6.60. The lowest BCUT2D eigenvalue weighted by Crippen LogP contribution is -2.36. The summed E-state index contributed by atoms with van der Waals surface area (Å²) in [5.74, 6) is 7.80. The lowest BCUT2D eigenvalue weighted by Gasteiger charge is -2.38. The van der Waals surface area contributed by atoms with Gasteiger partial charge in [-0.3, -0.25) is 0 Å². The van der Waals surface area contributed by atoms with Crippen LogP contribution in [0.1, 0.15) is 50.3 Å². The molecule has 0 radical (unpaired) electrons. The third-order valence-corrected chi connectivity index (χ3v) is 5.50. The van der Waals surface area contributed by atoms with E-state index in [1.807, 2.05) is 0 Å². The molecule has 0 saturated heterocycles. The van der Waals surface area contributed by atoms with Crippen LogP contribution in [0.15, 0.2) is 12.1 Å². The Morgan fingerprint density at radius 3 is 1.93 bits per heavy atom. The second-order valence-electron chi connectivity index (χ2n) is 7.87. The highest BCUT2D eigenvalue weighted by Gasteiger charge is 2.32. The second-order valence-corrected chi connectivity index (χ2v) is 7.87. The molecule has 0 aromatic heterocycles. The van der Waals surface area contributed by atoms with Crippen LogP contribution in [0, 0.1) is 49.4 Å². The van der Waals surface area contributed by atoms with Crippen LogP contribution in [-0.2, 0) is 22.7 Å². The molecule has 0 amide bonds. The maximum Gasteiger partial charge on any atom is 0.130 e. The molecule has 146 valence electrons. The molecule has 0 N–H and O–H groups in total. The van der Waals surface area contributed by atoms with Crippen LogP contribution in [0.4, 0.5) is 0 Å². The largest absolute Gasteiger partial charge is 0.489 e. The molecule has 1 saturated carbocycles. The van der Waals surface area contributed by atoms with Gasteiger partial charge in [-0.15, -0.1) is 12.8 Å². The van der Waals surface area contributed by atoms with Crippen molar-refractivity contribution in [2.45, 2.75) is 59.9 Å². The van der Waals surface area contributed by atoms with Gasteiger partial charge in [0.15, 0.2) is 0 Å². The Morgan fingerprint density at radius 1 is 0.889 bits per heavy atom. The predicted octanol–water partition coefficient (Wildman–Crippen LogP) is 4.74.